The first kappa shape index (κ1) is 15.4. The molecule has 4 unspecified atom stereocenters. The maximum absolute atomic E-state index is 3.83. The molecule has 2 bridgehead atoms. The lowest BCUT2D eigenvalue weighted by atomic mass is 9.81. The molecule has 0 aromatic rings. The van der Waals surface area contributed by atoms with Gasteiger partial charge in [0.25, 0.3) is 0 Å². The van der Waals surface area contributed by atoms with Crippen LogP contribution < -0.4 is 5.32 Å². The summed E-state index contributed by atoms with van der Waals surface area (Å²) in [5.74, 6) is 3.24. The Morgan fingerprint density at radius 1 is 1.16 bits per heavy atom. The molecule has 2 rings (SSSR count). The van der Waals surface area contributed by atoms with Crippen molar-refractivity contribution >= 4 is 0 Å². The highest BCUT2D eigenvalue weighted by Gasteiger charge is 2.40. The molecule has 0 aromatic carbocycles. The molecule has 2 aliphatic carbocycles. The Hall–Kier alpha value is -0.0400. The van der Waals surface area contributed by atoms with Crippen molar-refractivity contribution in [3.05, 3.63) is 0 Å². The maximum atomic E-state index is 3.83. The first-order valence-corrected chi connectivity index (χ1v) is 8.71. The van der Waals surface area contributed by atoms with E-state index >= 15 is 0 Å². The van der Waals surface area contributed by atoms with E-state index in [0.29, 0.717) is 5.41 Å². The smallest absolute Gasteiger partial charge is 0.00700 e. The van der Waals surface area contributed by atoms with Crippen molar-refractivity contribution in [2.24, 2.45) is 23.2 Å². The fourth-order valence-corrected chi connectivity index (χ4v) is 4.29. The average Bonchev–Trinajstić information content (AvgIpc) is 2.93. The Bertz CT molecular complexity index is 265. The van der Waals surface area contributed by atoms with Crippen molar-refractivity contribution < 1.29 is 0 Å². The molecule has 0 spiro atoms. The fourth-order valence-electron chi connectivity index (χ4n) is 4.29. The van der Waals surface area contributed by atoms with Crippen molar-refractivity contribution in [1.29, 1.82) is 0 Å². The van der Waals surface area contributed by atoms with Crippen molar-refractivity contribution in [2.75, 3.05) is 6.54 Å². The zero-order chi connectivity index (χ0) is 13.9. The Balaban J connectivity index is 1.79. The normalized spacial score (nSPS) is 31.9. The van der Waals surface area contributed by atoms with Crippen LogP contribution in [-0.4, -0.2) is 12.6 Å². The van der Waals surface area contributed by atoms with Gasteiger partial charge in [-0.05, 0) is 74.7 Å². The van der Waals surface area contributed by atoms with E-state index < -0.39 is 0 Å². The van der Waals surface area contributed by atoms with Gasteiger partial charge < -0.3 is 5.32 Å². The molecule has 0 radical (unpaired) electrons. The molecule has 0 amide bonds. The van der Waals surface area contributed by atoms with Crippen LogP contribution in [0.1, 0.15) is 79.1 Å². The quantitative estimate of drug-likeness (QED) is 0.682. The zero-order valence-electron chi connectivity index (χ0n) is 13.7. The predicted molar refractivity (Wildman–Crippen MR) is 84.3 cm³/mol. The highest BCUT2D eigenvalue weighted by molar-refractivity contribution is 4.91. The van der Waals surface area contributed by atoms with Gasteiger partial charge in [-0.3, -0.25) is 0 Å². The SMILES string of the molecule is CCCNC(CCC(C)(C)C)CC1CC2CCC1C2. The Labute approximate surface area is 120 Å². The molecule has 2 saturated carbocycles. The topological polar surface area (TPSA) is 12.0 Å². The lowest BCUT2D eigenvalue weighted by Crippen LogP contribution is -2.34. The lowest BCUT2D eigenvalue weighted by Gasteiger charge is -2.29. The first-order chi connectivity index (χ1) is 8.98. The third-order valence-electron chi connectivity index (χ3n) is 5.40. The zero-order valence-corrected chi connectivity index (χ0v) is 13.7. The van der Waals surface area contributed by atoms with Gasteiger partial charge in [0.05, 0.1) is 0 Å². The van der Waals surface area contributed by atoms with E-state index in [9.17, 15) is 0 Å². The van der Waals surface area contributed by atoms with Crippen LogP contribution in [0.25, 0.3) is 0 Å². The second-order valence-electron chi connectivity index (χ2n) is 8.42. The Morgan fingerprint density at radius 2 is 1.95 bits per heavy atom. The Morgan fingerprint density at radius 3 is 2.47 bits per heavy atom. The van der Waals surface area contributed by atoms with Crippen LogP contribution in [0.3, 0.4) is 0 Å². The summed E-state index contributed by atoms with van der Waals surface area (Å²) in [4.78, 5) is 0. The van der Waals surface area contributed by atoms with E-state index in [4.69, 9.17) is 0 Å². The third kappa shape index (κ3) is 4.77. The molecule has 2 fully saturated rings. The van der Waals surface area contributed by atoms with Gasteiger partial charge in [-0.2, -0.15) is 0 Å². The van der Waals surface area contributed by atoms with Crippen LogP contribution in [-0.2, 0) is 0 Å². The molecule has 0 saturated heterocycles. The molecular weight excluding hydrogens is 230 g/mol. The van der Waals surface area contributed by atoms with E-state index in [1.54, 1.807) is 12.8 Å². The first-order valence-electron chi connectivity index (χ1n) is 8.71. The number of rotatable bonds is 7. The summed E-state index contributed by atoms with van der Waals surface area (Å²) in [5.41, 5.74) is 0.487. The van der Waals surface area contributed by atoms with Gasteiger partial charge in [0, 0.05) is 6.04 Å². The summed E-state index contributed by atoms with van der Waals surface area (Å²) in [6.45, 7) is 10.6. The van der Waals surface area contributed by atoms with E-state index in [0.717, 1.165) is 23.8 Å². The van der Waals surface area contributed by atoms with Crippen LogP contribution in [0.2, 0.25) is 0 Å². The van der Waals surface area contributed by atoms with E-state index in [2.05, 4.69) is 33.0 Å². The minimum atomic E-state index is 0.487. The standard InChI is InChI=1S/C18H35N/c1-5-10-19-17(8-9-18(2,3)4)13-16-12-14-6-7-15(16)11-14/h14-17,19H,5-13H2,1-4H3. The van der Waals surface area contributed by atoms with Gasteiger partial charge >= 0.3 is 0 Å². The van der Waals surface area contributed by atoms with Crippen LogP contribution >= 0.6 is 0 Å². The summed E-state index contributed by atoms with van der Waals surface area (Å²) in [6.07, 6.45) is 11.6. The summed E-state index contributed by atoms with van der Waals surface area (Å²) >= 11 is 0. The second-order valence-corrected chi connectivity index (χ2v) is 8.42. The number of hydrogen-bond donors (Lipinski definition) is 1. The summed E-state index contributed by atoms with van der Waals surface area (Å²) < 4.78 is 0. The van der Waals surface area contributed by atoms with Gasteiger partial charge in [-0.25, -0.2) is 0 Å². The van der Waals surface area contributed by atoms with Crippen molar-refractivity contribution in [3.8, 4) is 0 Å². The molecule has 1 N–H and O–H groups in total. The summed E-state index contributed by atoms with van der Waals surface area (Å²) in [7, 11) is 0. The van der Waals surface area contributed by atoms with E-state index in [-0.39, 0.29) is 0 Å². The minimum Gasteiger partial charge on any atom is -0.314 e. The van der Waals surface area contributed by atoms with Gasteiger partial charge in [-0.15, -0.1) is 0 Å². The number of fused-ring (bicyclic) bond motifs is 2. The fraction of sp³-hybridized carbons (Fsp3) is 1.00. The number of nitrogens with one attached hydrogen (secondary N) is 1. The van der Waals surface area contributed by atoms with Crippen LogP contribution in [0.4, 0.5) is 0 Å². The van der Waals surface area contributed by atoms with Crippen molar-refractivity contribution in [3.63, 3.8) is 0 Å². The molecule has 2 aliphatic rings. The molecule has 0 aromatic heterocycles. The van der Waals surface area contributed by atoms with Crippen LogP contribution in [0, 0.1) is 23.2 Å². The van der Waals surface area contributed by atoms with Crippen molar-refractivity contribution in [2.45, 2.75) is 85.1 Å². The molecule has 19 heavy (non-hydrogen) atoms. The van der Waals surface area contributed by atoms with E-state index in [1.165, 1.54) is 45.1 Å². The van der Waals surface area contributed by atoms with Crippen LogP contribution in [0.15, 0.2) is 0 Å². The second kappa shape index (κ2) is 6.61. The number of hydrogen-bond acceptors (Lipinski definition) is 1. The summed E-state index contributed by atoms with van der Waals surface area (Å²) in [5, 5.41) is 3.83. The Kier molecular flexibility index (Phi) is 5.34. The lowest BCUT2D eigenvalue weighted by molar-refractivity contribution is 0.251. The molecule has 1 heteroatoms. The van der Waals surface area contributed by atoms with Crippen LogP contribution in [0.5, 0.6) is 0 Å². The molecule has 1 nitrogen and oxygen atoms in total. The average molecular weight is 265 g/mol. The molecule has 112 valence electrons. The molecule has 0 aliphatic heterocycles. The highest BCUT2D eigenvalue weighted by atomic mass is 14.9. The maximum Gasteiger partial charge on any atom is 0.00700 e. The predicted octanol–water partition coefficient (Wildman–Crippen LogP) is 5.01. The van der Waals surface area contributed by atoms with E-state index in [1.807, 2.05) is 0 Å². The highest BCUT2D eigenvalue weighted by Crippen LogP contribution is 2.50. The van der Waals surface area contributed by atoms with Gasteiger partial charge in [0.15, 0.2) is 0 Å². The minimum absolute atomic E-state index is 0.487. The van der Waals surface area contributed by atoms with Gasteiger partial charge in [0.2, 0.25) is 0 Å². The monoisotopic (exact) mass is 265 g/mol. The van der Waals surface area contributed by atoms with Crippen molar-refractivity contribution in [1.82, 2.24) is 5.32 Å². The molecule has 0 heterocycles. The molecular formula is C18H35N. The van der Waals surface area contributed by atoms with Gasteiger partial charge in [0.1, 0.15) is 0 Å². The summed E-state index contributed by atoms with van der Waals surface area (Å²) in [6, 6.07) is 0.781. The molecule has 4 atom stereocenters. The van der Waals surface area contributed by atoms with Gasteiger partial charge in [-0.1, -0.05) is 34.1 Å². The third-order valence-corrected chi connectivity index (χ3v) is 5.40. The largest absolute Gasteiger partial charge is 0.314 e.